The van der Waals surface area contributed by atoms with Crippen LogP contribution in [0.5, 0.6) is 0 Å². The van der Waals surface area contributed by atoms with E-state index in [-0.39, 0.29) is 48.9 Å². The molecule has 152 valence electrons. The Morgan fingerprint density at radius 2 is 1.93 bits per heavy atom. The summed E-state index contributed by atoms with van der Waals surface area (Å²) in [4.78, 5) is 42.9. The van der Waals surface area contributed by atoms with E-state index in [9.17, 15) is 14.4 Å². The highest BCUT2D eigenvalue weighted by molar-refractivity contribution is 6.31. The average Bonchev–Trinajstić information content (AvgIpc) is 3.35. The third kappa shape index (κ3) is 4.66. The Kier molecular flexibility index (Phi) is 5.71. The molecule has 1 heterocycles. The lowest BCUT2D eigenvalue weighted by molar-refractivity contribution is -0.141. The number of hydrogen-bond donors (Lipinski definition) is 0. The highest BCUT2D eigenvalue weighted by Gasteiger charge is 2.38. The van der Waals surface area contributed by atoms with Gasteiger partial charge in [0.25, 0.3) is 0 Å². The van der Waals surface area contributed by atoms with Gasteiger partial charge in [-0.15, -0.1) is 0 Å². The number of anilines is 1. The van der Waals surface area contributed by atoms with Gasteiger partial charge in [0.15, 0.2) is 0 Å². The van der Waals surface area contributed by atoms with Crippen molar-refractivity contribution in [3.63, 3.8) is 0 Å². The van der Waals surface area contributed by atoms with Crippen molar-refractivity contribution in [1.82, 2.24) is 9.80 Å². The number of carbonyl (C=O) groups is 3. The van der Waals surface area contributed by atoms with Crippen molar-refractivity contribution < 1.29 is 14.4 Å². The van der Waals surface area contributed by atoms with Crippen molar-refractivity contribution in [2.75, 3.05) is 24.7 Å². The first-order valence-electron chi connectivity index (χ1n) is 9.69. The normalized spacial score (nSPS) is 17.2. The van der Waals surface area contributed by atoms with Gasteiger partial charge >= 0.3 is 0 Å². The zero-order valence-corrected chi connectivity index (χ0v) is 17.8. The summed E-state index contributed by atoms with van der Waals surface area (Å²) in [5.74, 6) is -0.321. The summed E-state index contributed by atoms with van der Waals surface area (Å²) >= 11 is 6.17. The fourth-order valence-corrected chi connectivity index (χ4v) is 3.59. The molecule has 0 atom stereocenters. The van der Waals surface area contributed by atoms with Gasteiger partial charge in [-0.2, -0.15) is 0 Å². The Labute approximate surface area is 171 Å². The van der Waals surface area contributed by atoms with Crippen LogP contribution in [-0.4, -0.2) is 53.3 Å². The lowest BCUT2D eigenvalue weighted by Gasteiger charge is -2.28. The molecule has 1 aromatic carbocycles. The van der Waals surface area contributed by atoms with E-state index in [0.717, 1.165) is 24.1 Å². The van der Waals surface area contributed by atoms with Crippen molar-refractivity contribution in [3.8, 4) is 0 Å². The second-order valence-corrected chi connectivity index (χ2v) is 9.34. The van der Waals surface area contributed by atoms with Crippen LogP contribution in [-0.2, 0) is 14.4 Å². The molecule has 1 aliphatic carbocycles. The van der Waals surface area contributed by atoms with E-state index >= 15 is 0 Å². The van der Waals surface area contributed by atoms with Crippen LogP contribution in [0.15, 0.2) is 18.2 Å². The standard InChI is InChI=1S/C21H28ClN3O3/c1-14-16(22)6-5-7-17(14)25-13-23(11-20(25)28)19(27)12-24(15-8-9-15)18(26)10-21(2,3)4/h5-7,15H,8-13H2,1-4H3. The third-order valence-corrected chi connectivity index (χ3v) is 5.53. The first-order valence-corrected chi connectivity index (χ1v) is 10.1. The molecule has 0 N–H and O–H groups in total. The Balaban J connectivity index is 1.68. The average molecular weight is 406 g/mol. The van der Waals surface area contributed by atoms with Crippen LogP contribution in [0.3, 0.4) is 0 Å². The maximum atomic E-state index is 12.9. The van der Waals surface area contributed by atoms with E-state index in [0.29, 0.717) is 11.4 Å². The maximum Gasteiger partial charge on any atom is 0.248 e. The van der Waals surface area contributed by atoms with E-state index in [2.05, 4.69) is 0 Å². The molecule has 6 nitrogen and oxygen atoms in total. The van der Waals surface area contributed by atoms with Crippen LogP contribution in [0.25, 0.3) is 0 Å². The van der Waals surface area contributed by atoms with E-state index < -0.39 is 0 Å². The summed E-state index contributed by atoms with van der Waals surface area (Å²) in [5.41, 5.74) is 1.40. The zero-order chi connectivity index (χ0) is 20.6. The second kappa shape index (κ2) is 7.74. The molecule has 0 radical (unpaired) electrons. The van der Waals surface area contributed by atoms with E-state index in [1.165, 1.54) is 4.90 Å². The molecular formula is C21H28ClN3O3. The number of hydrogen-bond acceptors (Lipinski definition) is 3. The largest absolute Gasteiger partial charge is 0.330 e. The van der Waals surface area contributed by atoms with Crippen LogP contribution in [0.4, 0.5) is 5.69 Å². The molecule has 3 amide bonds. The van der Waals surface area contributed by atoms with Crippen molar-refractivity contribution in [2.45, 2.75) is 53.0 Å². The minimum atomic E-state index is -0.190. The zero-order valence-electron chi connectivity index (χ0n) is 17.0. The number of nitrogens with zero attached hydrogens (tertiary/aromatic N) is 3. The molecule has 3 rings (SSSR count). The molecule has 1 aromatic rings. The third-order valence-electron chi connectivity index (χ3n) is 5.12. The van der Waals surface area contributed by atoms with E-state index in [1.807, 2.05) is 33.8 Å². The van der Waals surface area contributed by atoms with Crippen LogP contribution in [0.2, 0.25) is 5.02 Å². The van der Waals surface area contributed by atoms with Crippen molar-refractivity contribution in [2.24, 2.45) is 5.41 Å². The van der Waals surface area contributed by atoms with E-state index in [4.69, 9.17) is 11.6 Å². The molecule has 1 aliphatic heterocycles. The minimum absolute atomic E-state index is 0.0106. The molecule has 0 unspecified atom stereocenters. The first-order chi connectivity index (χ1) is 13.1. The van der Waals surface area contributed by atoms with Gasteiger partial charge in [0.2, 0.25) is 17.7 Å². The number of halogens is 1. The Hall–Kier alpha value is -2.08. The number of benzene rings is 1. The monoisotopic (exact) mass is 405 g/mol. The smallest absolute Gasteiger partial charge is 0.248 e. The van der Waals surface area contributed by atoms with Crippen molar-refractivity contribution in [3.05, 3.63) is 28.8 Å². The van der Waals surface area contributed by atoms with Crippen molar-refractivity contribution >= 4 is 35.0 Å². The summed E-state index contributed by atoms with van der Waals surface area (Å²) in [5, 5.41) is 0.586. The van der Waals surface area contributed by atoms with Crippen LogP contribution in [0.1, 0.15) is 45.6 Å². The number of amides is 3. The van der Waals surface area contributed by atoms with Gasteiger partial charge in [0.1, 0.15) is 19.8 Å². The summed E-state index contributed by atoms with van der Waals surface area (Å²) in [6, 6.07) is 5.56. The van der Waals surface area contributed by atoms with Crippen LogP contribution in [0, 0.1) is 12.3 Å². The summed E-state index contributed by atoms with van der Waals surface area (Å²) in [6.45, 7) is 8.15. The lowest BCUT2D eigenvalue weighted by atomic mass is 9.91. The molecular weight excluding hydrogens is 378 g/mol. The predicted octanol–water partition coefficient (Wildman–Crippen LogP) is 3.21. The summed E-state index contributed by atoms with van der Waals surface area (Å²) in [6.07, 6.45) is 2.29. The highest BCUT2D eigenvalue weighted by atomic mass is 35.5. The van der Waals surface area contributed by atoms with E-state index in [1.54, 1.807) is 21.9 Å². The molecule has 0 aromatic heterocycles. The lowest BCUT2D eigenvalue weighted by Crippen LogP contribution is -2.44. The molecule has 2 aliphatic rings. The van der Waals surface area contributed by atoms with Gasteiger partial charge in [0.05, 0.1) is 0 Å². The van der Waals surface area contributed by atoms with Crippen LogP contribution >= 0.6 is 11.6 Å². The number of carbonyl (C=O) groups excluding carboxylic acids is 3. The Bertz CT molecular complexity index is 799. The molecule has 0 spiro atoms. The quantitative estimate of drug-likeness (QED) is 0.755. The fraction of sp³-hybridized carbons (Fsp3) is 0.571. The predicted molar refractivity (Wildman–Crippen MR) is 109 cm³/mol. The minimum Gasteiger partial charge on any atom is -0.330 e. The summed E-state index contributed by atoms with van der Waals surface area (Å²) in [7, 11) is 0. The number of rotatable bonds is 5. The summed E-state index contributed by atoms with van der Waals surface area (Å²) < 4.78 is 0. The Morgan fingerprint density at radius 3 is 2.54 bits per heavy atom. The molecule has 7 heteroatoms. The van der Waals surface area contributed by atoms with Gasteiger partial charge in [-0.3, -0.25) is 19.3 Å². The molecule has 1 saturated carbocycles. The van der Waals surface area contributed by atoms with Crippen LogP contribution < -0.4 is 4.90 Å². The molecule has 0 bridgehead atoms. The van der Waals surface area contributed by atoms with Gasteiger partial charge in [0, 0.05) is 23.2 Å². The maximum absolute atomic E-state index is 12.9. The second-order valence-electron chi connectivity index (χ2n) is 8.93. The first kappa shape index (κ1) is 20.6. The highest BCUT2D eigenvalue weighted by Crippen LogP contribution is 2.31. The van der Waals surface area contributed by atoms with Gasteiger partial charge < -0.3 is 9.80 Å². The van der Waals surface area contributed by atoms with Crippen molar-refractivity contribution in [1.29, 1.82) is 0 Å². The van der Waals surface area contributed by atoms with Gasteiger partial charge in [-0.1, -0.05) is 38.4 Å². The van der Waals surface area contributed by atoms with Gasteiger partial charge in [-0.25, -0.2) is 0 Å². The molecule has 1 saturated heterocycles. The molecule has 28 heavy (non-hydrogen) atoms. The molecule has 2 fully saturated rings. The topological polar surface area (TPSA) is 60.9 Å². The Morgan fingerprint density at radius 1 is 1.25 bits per heavy atom. The fourth-order valence-electron chi connectivity index (χ4n) is 3.42. The SMILES string of the molecule is Cc1c(Cl)cccc1N1CN(C(=O)CN(C(=O)CC(C)(C)C)C2CC2)CC1=O. The van der Waals surface area contributed by atoms with Gasteiger partial charge in [-0.05, 0) is 42.9 Å².